The summed E-state index contributed by atoms with van der Waals surface area (Å²) in [7, 11) is 1.39. The van der Waals surface area contributed by atoms with Crippen molar-refractivity contribution in [2.45, 2.75) is 19.9 Å². The van der Waals surface area contributed by atoms with Gasteiger partial charge in [0.05, 0.1) is 25.3 Å². The van der Waals surface area contributed by atoms with Crippen LogP contribution in [0.3, 0.4) is 0 Å². The second-order valence-electron chi connectivity index (χ2n) is 7.35. The first-order valence-corrected chi connectivity index (χ1v) is 10.2. The zero-order chi connectivity index (χ0) is 23.7. The Labute approximate surface area is 189 Å². The molecule has 1 aromatic heterocycles. The van der Waals surface area contributed by atoms with Crippen LogP contribution in [-0.2, 0) is 9.59 Å². The number of ether oxygens (including phenoxy) is 2. The third-order valence-electron chi connectivity index (χ3n) is 5.27. The number of rotatable bonds is 6. The van der Waals surface area contributed by atoms with E-state index in [1.807, 2.05) is 6.92 Å². The average molecular weight is 450 g/mol. The minimum Gasteiger partial charge on any atom is -0.507 e. The molecular formula is C24H22N2O7. The molecule has 2 heterocycles. The number of carbonyl (C=O) groups excluding carboxylic acids is 2. The monoisotopic (exact) mass is 450 g/mol. The van der Waals surface area contributed by atoms with Gasteiger partial charge >= 0.3 is 5.91 Å². The van der Waals surface area contributed by atoms with Crippen molar-refractivity contribution in [2.75, 3.05) is 18.6 Å². The lowest BCUT2D eigenvalue weighted by Crippen LogP contribution is -2.29. The van der Waals surface area contributed by atoms with Gasteiger partial charge in [0.1, 0.15) is 17.3 Å². The second kappa shape index (κ2) is 8.70. The van der Waals surface area contributed by atoms with Crippen LogP contribution in [0.1, 0.15) is 29.9 Å². The number of aliphatic hydroxyl groups excluding tert-OH is 1. The number of methoxy groups -OCH3 is 1. The summed E-state index contributed by atoms with van der Waals surface area (Å²) in [6.07, 6.45) is 0. The lowest BCUT2D eigenvalue weighted by atomic mass is 9.95. The number of nitrogens with zero attached hydrogens (tertiary/aromatic N) is 2. The van der Waals surface area contributed by atoms with Gasteiger partial charge in [-0.15, -0.1) is 0 Å². The first-order chi connectivity index (χ1) is 15.8. The first kappa shape index (κ1) is 21.9. The number of aromatic nitrogens is 1. The van der Waals surface area contributed by atoms with Gasteiger partial charge in [0.2, 0.25) is 0 Å². The molecule has 1 atom stereocenters. The van der Waals surface area contributed by atoms with Crippen molar-refractivity contribution in [3.63, 3.8) is 0 Å². The number of phenolic OH excluding ortho intramolecular Hbond substituents is 1. The largest absolute Gasteiger partial charge is 0.507 e. The van der Waals surface area contributed by atoms with Crippen LogP contribution in [0.4, 0.5) is 5.82 Å². The number of anilines is 1. The molecule has 0 spiro atoms. The molecule has 1 amide bonds. The van der Waals surface area contributed by atoms with Crippen molar-refractivity contribution in [3.05, 3.63) is 71.0 Å². The predicted molar refractivity (Wildman–Crippen MR) is 118 cm³/mol. The van der Waals surface area contributed by atoms with Gasteiger partial charge in [-0.1, -0.05) is 11.2 Å². The Kier molecular flexibility index (Phi) is 5.78. The normalized spacial score (nSPS) is 17.4. The van der Waals surface area contributed by atoms with E-state index in [0.29, 0.717) is 29.2 Å². The molecular weight excluding hydrogens is 428 g/mol. The molecule has 3 aromatic rings. The molecule has 170 valence electrons. The van der Waals surface area contributed by atoms with Gasteiger partial charge in [-0.25, -0.2) is 0 Å². The molecule has 0 radical (unpaired) electrons. The van der Waals surface area contributed by atoms with Gasteiger partial charge in [0, 0.05) is 11.6 Å². The minimum atomic E-state index is -1.03. The molecule has 1 aliphatic rings. The van der Waals surface area contributed by atoms with E-state index in [0.717, 1.165) is 4.90 Å². The van der Waals surface area contributed by atoms with Gasteiger partial charge in [-0.3, -0.25) is 14.5 Å². The van der Waals surface area contributed by atoms with Gasteiger partial charge in [0.15, 0.2) is 17.3 Å². The molecule has 1 saturated heterocycles. The first-order valence-electron chi connectivity index (χ1n) is 10.2. The number of benzene rings is 2. The Morgan fingerprint density at radius 2 is 1.88 bits per heavy atom. The Hall–Kier alpha value is -4.27. The van der Waals surface area contributed by atoms with E-state index in [1.165, 1.54) is 25.3 Å². The van der Waals surface area contributed by atoms with Crippen molar-refractivity contribution < 1.29 is 33.8 Å². The number of ketones is 1. The van der Waals surface area contributed by atoms with E-state index in [1.54, 1.807) is 37.3 Å². The van der Waals surface area contributed by atoms with Crippen LogP contribution in [0.5, 0.6) is 17.2 Å². The summed E-state index contributed by atoms with van der Waals surface area (Å²) in [5.41, 5.74) is 0.637. The highest BCUT2D eigenvalue weighted by molar-refractivity contribution is 6.51. The van der Waals surface area contributed by atoms with Crippen LogP contribution in [-0.4, -0.2) is 40.8 Å². The smallest absolute Gasteiger partial charge is 0.301 e. The molecule has 0 bridgehead atoms. The summed E-state index contributed by atoms with van der Waals surface area (Å²) in [6.45, 7) is 3.99. The van der Waals surface area contributed by atoms with Crippen LogP contribution in [0.15, 0.2) is 58.6 Å². The fourth-order valence-electron chi connectivity index (χ4n) is 3.75. The molecule has 2 aromatic carbocycles. The molecule has 1 aliphatic heterocycles. The quantitative estimate of drug-likeness (QED) is 0.331. The van der Waals surface area contributed by atoms with Crippen molar-refractivity contribution in [1.29, 1.82) is 0 Å². The predicted octanol–water partition coefficient (Wildman–Crippen LogP) is 3.72. The van der Waals surface area contributed by atoms with Crippen LogP contribution in [0, 0.1) is 6.92 Å². The second-order valence-corrected chi connectivity index (χ2v) is 7.35. The molecule has 33 heavy (non-hydrogen) atoms. The van der Waals surface area contributed by atoms with Crippen LogP contribution < -0.4 is 14.4 Å². The number of carbonyl (C=O) groups is 2. The third-order valence-corrected chi connectivity index (χ3v) is 5.27. The standard InChI is InChI=1S/C24H22N2O7/c1-4-32-16-8-5-14(6-9-16)22(28)20-21(15-7-10-17(27)18(12-15)31-3)26(24(30)23(20)29)19-11-13(2)33-25-19/h5-12,21,27-28H,4H2,1-3H3/b22-20-. The zero-order valence-electron chi connectivity index (χ0n) is 18.2. The summed E-state index contributed by atoms with van der Waals surface area (Å²) < 4.78 is 15.7. The molecule has 0 aliphatic carbocycles. The van der Waals surface area contributed by atoms with Gasteiger partial charge in [0.25, 0.3) is 5.78 Å². The Bertz CT molecular complexity index is 1240. The van der Waals surface area contributed by atoms with Crippen LogP contribution in [0.2, 0.25) is 0 Å². The number of hydrogen-bond donors (Lipinski definition) is 2. The zero-order valence-corrected chi connectivity index (χ0v) is 18.2. The summed E-state index contributed by atoms with van der Waals surface area (Å²) in [6, 6.07) is 11.4. The SMILES string of the molecule is CCOc1ccc(/C(O)=C2/C(=O)C(=O)N(c3cc(C)on3)C2c2ccc(O)c(OC)c2)cc1. The summed E-state index contributed by atoms with van der Waals surface area (Å²) >= 11 is 0. The van der Waals surface area contributed by atoms with E-state index in [-0.39, 0.29) is 28.6 Å². The van der Waals surface area contributed by atoms with Crippen molar-refractivity contribution in [3.8, 4) is 17.2 Å². The van der Waals surface area contributed by atoms with Crippen molar-refractivity contribution in [1.82, 2.24) is 5.16 Å². The highest BCUT2D eigenvalue weighted by Gasteiger charge is 2.48. The lowest BCUT2D eigenvalue weighted by molar-refractivity contribution is -0.132. The number of hydrogen-bond acceptors (Lipinski definition) is 8. The van der Waals surface area contributed by atoms with Gasteiger partial charge in [-0.05, 0) is 55.8 Å². The highest BCUT2D eigenvalue weighted by atomic mass is 16.5. The molecule has 9 heteroatoms. The minimum absolute atomic E-state index is 0.109. The summed E-state index contributed by atoms with van der Waals surface area (Å²) in [5, 5.41) is 25.0. The van der Waals surface area contributed by atoms with E-state index in [9.17, 15) is 19.8 Å². The molecule has 9 nitrogen and oxygen atoms in total. The number of phenols is 1. The van der Waals surface area contributed by atoms with Crippen molar-refractivity contribution >= 4 is 23.3 Å². The fourth-order valence-corrected chi connectivity index (χ4v) is 3.75. The molecule has 4 rings (SSSR count). The maximum absolute atomic E-state index is 13.1. The molecule has 0 saturated carbocycles. The Morgan fingerprint density at radius 3 is 2.48 bits per heavy atom. The van der Waals surface area contributed by atoms with Crippen LogP contribution >= 0.6 is 0 Å². The summed E-state index contributed by atoms with van der Waals surface area (Å²) in [4.78, 5) is 27.3. The van der Waals surface area contributed by atoms with Gasteiger partial charge in [-0.2, -0.15) is 0 Å². The maximum atomic E-state index is 13.1. The topological polar surface area (TPSA) is 122 Å². The number of amides is 1. The summed E-state index contributed by atoms with van der Waals surface area (Å²) in [5.74, 6) is -0.884. The Morgan fingerprint density at radius 1 is 1.15 bits per heavy atom. The Balaban J connectivity index is 1.90. The number of Topliss-reactive ketones (excluding diaryl/α,β-unsaturated/α-hetero) is 1. The number of aromatic hydroxyl groups is 1. The van der Waals surface area contributed by atoms with E-state index in [2.05, 4.69) is 5.16 Å². The highest BCUT2D eigenvalue weighted by Crippen LogP contribution is 2.43. The van der Waals surface area contributed by atoms with E-state index < -0.39 is 17.7 Å². The van der Waals surface area contributed by atoms with Gasteiger partial charge < -0.3 is 24.2 Å². The van der Waals surface area contributed by atoms with E-state index >= 15 is 0 Å². The molecule has 1 unspecified atom stereocenters. The third kappa shape index (κ3) is 3.89. The average Bonchev–Trinajstić information content (AvgIpc) is 3.35. The van der Waals surface area contributed by atoms with Crippen LogP contribution in [0.25, 0.3) is 5.76 Å². The van der Waals surface area contributed by atoms with Crippen molar-refractivity contribution in [2.24, 2.45) is 0 Å². The number of aliphatic hydroxyl groups is 1. The fraction of sp³-hybridized carbons (Fsp3) is 0.208. The molecule has 1 fully saturated rings. The van der Waals surface area contributed by atoms with E-state index in [4.69, 9.17) is 14.0 Å². The maximum Gasteiger partial charge on any atom is 0.301 e. The lowest BCUT2D eigenvalue weighted by Gasteiger charge is -2.23. The number of aryl methyl sites for hydroxylation is 1. The molecule has 2 N–H and O–H groups in total.